The molecule has 0 aliphatic heterocycles. The number of aliphatic hydroxyl groups is 1. The van der Waals surface area contributed by atoms with E-state index in [1.807, 2.05) is 12.1 Å². The standard InChI is InChI=1S/C16H16N4O3S/c1-24(22,23)13-7-5-12(6-8-13)15(21)10-20-11-18-16(19-20)14-4-2-3-9-17-14/h2-9,11,15,21H,10H2,1H3. The van der Waals surface area contributed by atoms with Gasteiger partial charge in [0.1, 0.15) is 12.0 Å². The molecule has 0 saturated carbocycles. The zero-order valence-electron chi connectivity index (χ0n) is 12.9. The van der Waals surface area contributed by atoms with E-state index in [9.17, 15) is 13.5 Å². The molecule has 0 aliphatic rings. The van der Waals surface area contributed by atoms with Gasteiger partial charge in [0.2, 0.25) is 0 Å². The SMILES string of the molecule is CS(=O)(=O)c1ccc(C(O)Cn2cnc(-c3ccccn3)n2)cc1. The van der Waals surface area contributed by atoms with Crippen LogP contribution in [0.1, 0.15) is 11.7 Å². The molecule has 3 aromatic rings. The van der Waals surface area contributed by atoms with E-state index in [0.29, 0.717) is 17.1 Å². The fourth-order valence-electron chi connectivity index (χ4n) is 2.21. The van der Waals surface area contributed by atoms with Crippen molar-refractivity contribution in [2.75, 3.05) is 6.26 Å². The van der Waals surface area contributed by atoms with Crippen LogP contribution in [0, 0.1) is 0 Å². The summed E-state index contributed by atoms with van der Waals surface area (Å²) in [5, 5.41) is 14.6. The second-order valence-corrected chi connectivity index (χ2v) is 7.38. The first-order valence-corrected chi connectivity index (χ1v) is 9.11. The number of aromatic nitrogens is 4. The van der Waals surface area contributed by atoms with Gasteiger partial charge in [-0.25, -0.2) is 18.1 Å². The van der Waals surface area contributed by atoms with Gasteiger partial charge in [0, 0.05) is 12.5 Å². The number of hydrogen-bond acceptors (Lipinski definition) is 6. The minimum atomic E-state index is -3.25. The molecule has 0 radical (unpaired) electrons. The summed E-state index contributed by atoms with van der Waals surface area (Å²) in [5.74, 6) is 0.482. The van der Waals surface area contributed by atoms with Crippen molar-refractivity contribution in [1.82, 2.24) is 19.7 Å². The summed E-state index contributed by atoms with van der Waals surface area (Å²) in [6.45, 7) is 0.206. The lowest BCUT2D eigenvalue weighted by molar-refractivity contribution is 0.151. The summed E-state index contributed by atoms with van der Waals surface area (Å²) in [6.07, 6.45) is 3.51. The molecule has 124 valence electrons. The highest BCUT2D eigenvalue weighted by molar-refractivity contribution is 7.90. The van der Waals surface area contributed by atoms with E-state index in [-0.39, 0.29) is 11.4 Å². The molecule has 8 heteroatoms. The van der Waals surface area contributed by atoms with Crippen LogP contribution in [0.25, 0.3) is 11.5 Å². The van der Waals surface area contributed by atoms with Crippen LogP contribution in [0.3, 0.4) is 0 Å². The smallest absolute Gasteiger partial charge is 0.199 e. The molecule has 24 heavy (non-hydrogen) atoms. The van der Waals surface area contributed by atoms with Crippen molar-refractivity contribution < 1.29 is 13.5 Å². The maximum Gasteiger partial charge on any atom is 0.199 e. The first kappa shape index (κ1) is 16.3. The van der Waals surface area contributed by atoms with Crippen molar-refractivity contribution in [3.05, 3.63) is 60.6 Å². The van der Waals surface area contributed by atoms with Gasteiger partial charge in [-0.1, -0.05) is 18.2 Å². The Morgan fingerprint density at radius 1 is 1.12 bits per heavy atom. The lowest BCUT2D eigenvalue weighted by Crippen LogP contribution is -2.09. The molecule has 1 N–H and O–H groups in total. The van der Waals surface area contributed by atoms with E-state index >= 15 is 0 Å². The molecule has 0 fully saturated rings. The maximum atomic E-state index is 11.5. The van der Waals surface area contributed by atoms with Gasteiger partial charge < -0.3 is 5.11 Å². The molecule has 3 rings (SSSR count). The summed E-state index contributed by atoms with van der Waals surface area (Å²) < 4.78 is 24.4. The monoisotopic (exact) mass is 344 g/mol. The average Bonchev–Trinajstić information content (AvgIpc) is 3.03. The second kappa shape index (κ2) is 6.50. The fraction of sp³-hybridized carbons (Fsp3) is 0.188. The molecule has 0 aliphatic carbocycles. The van der Waals surface area contributed by atoms with Crippen LogP contribution >= 0.6 is 0 Å². The van der Waals surface area contributed by atoms with Gasteiger partial charge in [-0.15, -0.1) is 5.10 Å². The van der Waals surface area contributed by atoms with Gasteiger partial charge >= 0.3 is 0 Å². The van der Waals surface area contributed by atoms with Gasteiger partial charge in [0.05, 0.1) is 17.5 Å². The van der Waals surface area contributed by atoms with Crippen LogP contribution in [0.2, 0.25) is 0 Å². The molecule has 2 heterocycles. The van der Waals surface area contributed by atoms with E-state index in [0.717, 1.165) is 6.26 Å². The molecule has 7 nitrogen and oxygen atoms in total. The summed E-state index contributed by atoms with van der Waals surface area (Å²) in [7, 11) is -3.25. The minimum absolute atomic E-state index is 0.206. The molecule has 2 aromatic heterocycles. The Balaban J connectivity index is 1.73. The topological polar surface area (TPSA) is 98.0 Å². The van der Waals surface area contributed by atoms with Crippen molar-refractivity contribution in [1.29, 1.82) is 0 Å². The summed E-state index contributed by atoms with van der Waals surface area (Å²) in [4.78, 5) is 8.57. The highest BCUT2D eigenvalue weighted by Crippen LogP contribution is 2.18. The Morgan fingerprint density at radius 2 is 1.88 bits per heavy atom. The van der Waals surface area contributed by atoms with Gasteiger partial charge in [0.25, 0.3) is 0 Å². The zero-order chi connectivity index (χ0) is 17.2. The quantitative estimate of drug-likeness (QED) is 0.753. The molecular weight excluding hydrogens is 328 g/mol. The molecule has 0 spiro atoms. The Labute approximate surface area is 139 Å². The Bertz CT molecular complexity index is 921. The van der Waals surface area contributed by atoms with E-state index in [1.54, 1.807) is 24.4 Å². The lowest BCUT2D eigenvalue weighted by atomic mass is 10.1. The van der Waals surface area contributed by atoms with E-state index < -0.39 is 15.9 Å². The first-order valence-electron chi connectivity index (χ1n) is 7.22. The largest absolute Gasteiger partial charge is 0.386 e. The van der Waals surface area contributed by atoms with Gasteiger partial charge in [-0.05, 0) is 29.8 Å². The average molecular weight is 344 g/mol. The van der Waals surface area contributed by atoms with Crippen LogP contribution in [-0.4, -0.2) is 39.5 Å². The number of benzene rings is 1. The molecule has 0 saturated heterocycles. The zero-order valence-corrected chi connectivity index (χ0v) is 13.8. The summed E-state index contributed by atoms with van der Waals surface area (Å²) in [6, 6.07) is 11.6. The van der Waals surface area contributed by atoms with Crippen molar-refractivity contribution in [3.63, 3.8) is 0 Å². The predicted molar refractivity (Wildman–Crippen MR) is 87.8 cm³/mol. The Morgan fingerprint density at radius 3 is 2.50 bits per heavy atom. The fourth-order valence-corrected chi connectivity index (χ4v) is 2.85. The molecule has 0 amide bonds. The molecular formula is C16H16N4O3S. The number of sulfone groups is 1. The molecule has 0 bridgehead atoms. The van der Waals surface area contributed by atoms with Crippen molar-refractivity contribution in [2.45, 2.75) is 17.5 Å². The normalized spacial score (nSPS) is 12.9. The van der Waals surface area contributed by atoms with E-state index in [4.69, 9.17) is 0 Å². The maximum absolute atomic E-state index is 11.5. The summed E-state index contributed by atoms with van der Waals surface area (Å²) >= 11 is 0. The van der Waals surface area contributed by atoms with Crippen LogP contribution < -0.4 is 0 Å². The highest BCUT2D eigenvalue weighted by Gasteiger charge is 2.13. The van der Waals surface area contributed by atoms with E-state index in [2.05, 4.69) is 15.1 Å². The van der Waals surface area contributed by atoms with Crippen LogP contribution in [0.4, 0.5) is 0 Å². The lowest BCUT2D eigenvalue weighted by Gasteiger charge is -2.11. The minimum Gasteiger partial charge on any atom is -0.386 e. The third kappa shape index (κ3) is 3.66. The third-order valence-electron chi connectivity index (χ3n) is 3.48. The van der Waals surface area contributed by atoms with Crippen molar-refractivity contribution in [2.24, 2.45) is 0 Å². The van der Waals surface area contributed by atoms with Crippen LogP contribution in [0.15, 0.2) is 59.9 Å². The molecule has 1 atom stereocenters. The van der Waals surface area contributed by atoms with Gasteiger partial charge in [-0.3, -0.25) is 4.98 Å². The molecule has 1 aromatic carbocycles. The third-order valence-corrected chi connectivity index (χ3v) is 4.61. The van der Waals surface area contributed by atoms with Gasteiger partial charge in [-0.2, -0.15) is 0 Å². The number of nitrogens with zero attached hydrogens (tertiary/aromatic N) is 4. The number of hydrogen-bond donors (Lipinski definition) is 1. The predicted octanol–water partition coefficient (Wildman–Crippen LogP) is 1.48. The summed E-state index contributed by atoms with van der Waals surface area (Å²) in [5.41, 5.74) is 1.26. The van der Waals surface area contributed by atoms with Crippen LogP contribution in [-0.2, 0) is 16.4 Å². The Kier molecular flexibility index (Phi) is 4.41. The van der Waals surface area contributed by atoms with E-state index in [1.165, 1.54) is 23.1 Å². The van der Waals surface area contributed by atoms with Crippen molar-refractivity contribution in [3.8, 4) is 11.5 Å². The van der Waals surface area contributed by atoms with Gasteiger partial charge in [0.15, 0.2) is 15.7 Å². The van der Waals surface area contributed by atoms with Crippen molar-refractivity contribution >= 4 is 9.84 Å². The Hall–Kier alpha value is -2.58. The number of aliphatic hydroxyl groups excluding tert-OH is 1. The molecule has 1 unspecified atom stereocenters. The number of rotatable bonds is 5. The highest BCUT2D eigenvalue weighted by atomic mass is 32.2. The second-order valence-electron chi connectivity index (χ2n) is 5.36. The van der Waals surface area contributed by atoms with Crippen LogP contribution in [0.5, 0.6) is 0 Å². The number of pyridine rings is 1. The first-order chi connectivity index (χ1) is 11.4.